The number of hydrogen-bond donors (Lipinski definition) is 4. The minimum Gasteiger partial charge on any atom is -0.493 e. The number of carbonyl (C=O) groups is 1. The van der Waals surface area contributed by atoms with Crippen LogP contribution in [0, 0.1) is 0 Å². The van der Waals surface area contributed by atoms with E-state index < -0.39 is 0 Å². The summed E-state index contributed by atoms with van der Waals surface area (Å²) in [6.07, 6.45) is 0.842. The Morgan fingerprint density at radius 2 is 1.79 bits per heavy atom. The smallest absolute Gasteiger partial charge is 0.319 e. The van der Waals surface area contributed by atoms with Gasteiger partial charge < -0.3 is 30.7 Å². The van der Waals surface area contributed by atoms with E-state index in [4.69, 9.17) is 9.47 Å². The molecule has 0 aliphatic carbocycles. The first-order valence-electron chi connectivity index (χ1n) is 10.9. The van der Waals surface area contributed by atoms with Gasteiger partial charge in [-0.1, -0.05) is 18.2 Å². The predicted octanol–water partition coefficient (Wildman–Crippen LogP) is 4.83. The molecule has 2 rings (SSSR count). The molecule has 0 aliphatic rings. The van der Waals surface area contributed by atoms with Crippen molar-refractivity contribution in [1.82, 2.24) is 10.6 Å². The van der Waals surface area contributed by atoms with Crippen molar-refractivity contribution in [3.05, 3.63) is 54.1 Å². The van der Waals surface area contributed by atoms with Crippen LogP contribution in [0.25, 0.3) is 0 Å². The standard InChI is InChI=1S/C24H35N5O3.HI/c1-5-25-23(28-21-8-6-9-22(16-21)32-15-7-14-31-4)26-17-19-10-12-20(13-11-19)29-24(30)27-18(2)3;/h6,8-13,16,18H,5,7,14-15,17H2,1-4H3,(H2,25,26,28)(H2,27,29,30);1H. The maximum atomic E-state index is 11.8. The summed E-state index contributed by atoms with van der Waals surface area (Å²) < 4.78 is 10.8. The minimum atomic E-state index is -0.214. The second kappa shape index (κ2) is 16.1. The fourth-order valence-electron chi connectivity index (χ4n) is 2.79. The Bertz CT molecular complexity index is 859. The summed E-state index contributed by atoms with van der Waals surface area (Å²) in [4.78, 5) is 16.5. The van der Waals surface area contributed by atoms with E-state index in [1.807, 2.05) is 69.3 Å². The number of aliphatic imine (C=N–C) groups is 1. The zero-order chi connectivity index (χ0) is 23.2. The summed E-state index contributed by atoms with van der Waals surface area (Å²) in [5.41, 5.74) is 2.67. The van der Waals surface area contributed by atoms with E-state index in [1.165, 1.54) is 0 Å². The number of rotatable bonds is 11. The van der Waals surface area contributed by atoms with Crippen molar-refractivity contribution in [2.75, 3.05) is 37.5 Å². The second-order valence-electron chi connectivity index (χ2n) is 7.49. The Balaban J connectivity index is 0.00000544. The number of amides is 2. The van der Waals surface area contributed by atoms with E-state index in [9.17, 15) is 4.79 Å². The molecule has 2 aromatic carbocycles. The van der Waals surface area contributed by atoms with Crippen LogP contribution in [0.15, 0.2) is 53.5 Å². The van der Waals surface area contributed by atoms with Crippen molar-refractivity contribution in [3.63, 3.8) is 0 Å². The Labute approximate surface area is 213 Å². The molecule has 0 aromatic heterocycles. The second-order valence-corrected chi connectivity index (χ2v) is 7.49. The summed E-state index contributed by atoms with van der Waals surface area (Å²) in [5, 5.41) is 12.2. The molecule has 0 saturated heterocycles. The molecule has 0 aliphatic heterocycles. The van der Waals surface area contributed by atoms with Crippen molar-refractivity contribution < 1.29 is 14.3 Å². The average molecular weight is 569 g/mol. The molecule has 0 bridgehead atoms. The van der Waals surface area contributed by atoms with Crippen LogP contribution >= 0.6 is 24.0 Å². The van der Waals surface area contributed by atoms with Gasteiger partial charge in [-0.05, 0) is 50.6 Å². The molecule has 0 fully saturated rings. The highest BCUT2D eigenvalue weighted by atomic mass is 127. The molecule has 182 valence electrons. The average Bonchev–Trinajstić information content (AvgIpc) is 2.76. The first kappa shape index (κ1) is 28.5. The van der Waals surface area contributed by atoms with Gasteiger partial charge in [-0.2, -0.15) is 0 Å². The van der Waals surface area contributed by atoms with E-state index in [2.05, 4.69) is 26.3 Å². The van der Waals surface area contributed by atoms with Gasteiger partial charge in [0.05, 0.1) is 13.2 Å². The summed E-state index contributed by atoms with van der Waals surface area (Å²) in [7, 11) is 1.68. The summed E-state index contributed by atoms with van der Waals surface area (Å²) in [6, 6.07) is 15.3. The molecule has 0 unspecified atom stereocenters. The highest BCUT2D eigenvalue weighted by Gasteiger charge is 2.04. The van der Waals surface area contributed by atoms with Crippen LogP contribution in [0.2, 0.25) is 0 Å². The van der Waals surface area contributed by atoms with Crippen molar-refractivity contribution >= 4 is 47.3 Å². The largest absolute Gasteiger partial charge is 0.493 e. The highest BCUT2D eigenvalue weighted by Crippen LogP contribution is 2.18. The Kier molecular flexibility index (Phi) is 13.9. The number of hydrogen-bond acceptors (Lipinski definition) is 4. The van der Waals surface area contributed by atoms with Gasteiger partial charge in [0.15, 0.2) is 5.96 Å². The zero-order valence-corrected chi connectivity index (χ0v) is 22.1. The number of ether oxygens (including phenoxy) is 2. The fraction of sp³-hybridized carbons (Fsp3) is 0.417. The van der Waals surface area contributed by atoms with Gasteiger partial charge in [-0.3, -0.25) is 0 Å². The molecule has 33 heavy (non-hydrogen) atoms. The fourth-order valence-corrected chi connectivity index (χ4v) is 2.79. The molecular formula is C24H36IN5O3. The number of halogens is 1. The summed E-state index contributed by atoms with van der Waals surface area (Å²) >= 11 is 0. The topological polar surface area (TPSA) is 96.0 Å². The zero-order valence-electron chi connectivity index (χ0n) is 19.8. The van der Waals surface area contributed by atoms with Crippen molar-refractivity contribution in [3.8, 4) is 5.75 Å². The number of benzene rings is 2. The van der Waals surface area contributed by atoms with Gasteiger partial charge in [0.2, 0.25) is 0 Å². The first-order valence-corrected chi connectivity index (χ1v) is 10.9. The third-order valence-electron chi connectivity index (χ3n) is 4.25. The molecule has 0 heterocycles. The molecule has 0 atom stereocenters. The van der Waals surface area contributed by atoms with E-state index in [0.29, 0.717) is 25.7 Å². The summed E-state index contributed by atoms with van der Waals surface area (Å²) in [5.74, 6) is 1.48. The Morgan fingerprint density at radius 3 is 2.45 bits per heavy atom. The molecule has 2 amide bonds. The maximum absolute atomic E-state index is 11.8. The Hall–Kier alpha value is -2.53. The quantitative estimate of drug-likeness (QED) is 0.135. The SMILES string of the molecule is CCNC(=NCc1ccc(NC(=O)NC(C)C)cc1)Nc1cccc(OCCCOC)c1.I. The van der Waals surface area contributed by atoms with Crippen LogP contribution in [0.4, 0.5) is 16.2 Å². The first-order chi connectivity index (χ1) is 15.5. The number of anilines is 2. The minimum absolute atomic E-state index is 0. The van der Waals surface area contributed by atoms with E-state index in [-0.39, 0.29) is 36.0 Å². The van der Waals surface area contributed by atoms with E-state index >= 15 is 0 Å². The normalized spacial score (nSPS) is 10.9. The third kappa shape index (κ3) is 11.8. The van der Waals surface area contributed by atoms with Gasteiger partial charge in [-0.15, -0.1) is 24.0 Å². The Morgan fingerprint density at radius 1 is 1.03 bits per heavy atom. The monoisotopic (exact) mass is 569 g/mol. The molecule has 8 nitrogen and oxygen atoms in total. The van der Waals surface area contributed by atoms with Gasteiger partial charge in [0.1, 0.15) is 5.75 Å². The van der Waals surface area contributed by atoms with E-state index in [1.54, 1.807) is 7.11 Å². The molecule has 4 N–H and O–H groups in total. The van der Waals surface area contributed by atoms with Gasteiger partial charge >= 0.3 is 6.03 Å². The molecule has 0 radical (unpaired) electrons. The summed E-state index contributed by atoms with van der Waals surface area (Å²) in [6.45, 7) is 8.39. The number of nitrogens with one attached hydrogen (secondary N) is 4. The molecular weight excluding hydrogens is 533 g/mol. The van der Waals surface area contributed by atoms with Crippen molar-refractivity contribution in [2.45, 2.75) is 39.8 Å². The van der Waals surface area contributed by atoms with Gasteiger partial charge in [0.25, 0.3) is 0 Å². The highest BCUT2D eigenvalue weighted by molar-refractivity contribution is 14.0. The van der Waals surface area contributed by atoms with Crippen LogP contribution < -0.4 is 26.0 Å². The van der Waals surface area contributed by atoms with Crippen LogP contribution in [0.3, 0.4) is 0 Å². The van der Waals surface area contributed by atoms with Crippen molar-refractivity contribution in [1.29, 1.82) is 0 Å². The van der Waals surface area contributed by atoms with Crippen LogP contribution in [-0.2, 0) is 11.3 Å². The van der Waals surface area contributed by atoms with Crippen LogP contribution in [0.5, 0.6) is 5.75 Å². The number of carbonyl (C=O) groups excluding carboxylic acids is 1. The van der Waals surface area contributed by atoms with Gasteiger partial charge in [0, 0.05) is 50.2 Å². The maximum Gasteiger partial charge on any atom is 0.319 e. The van der Waals surface area contributed by atoms with Crippen LogP contribution in [0.1, 0.15) is 32.8 Å². The van der Waals surface area contributed by atoms with E-state index in [0.717, 1.165) is 35.7 Å². The third-order valence-corrected chi connectivity index (χ3v) is 4.25. The van der Waals surface area contributed by atoms with Crippen LogP contribution in [-0.4, -0.2) is 44.9 Å². The molecule has 2 aromatic rings. The molecule has 9 heteroatoms. The number of urea groups is 1. The number of methoxy groups -OCH3 is 1. The lowest BCUT2D eigenvalue weighted by Crippen LogP contribution is -2.34. The predicted molar refractivity (Wildman–Crippen MR) is 146 cm³/mol. The number of guanidine groups is 1. The molecule has 0 spiro atoms. The number of nitrogens with zero attached hydrogens (tertiary/aromatic N) is 1. The van der Waals surface area contributed by atoms with Crippen molar-refractivity contribution in [2.24, 2.45) is 4.99 Å². The lowest BCUT2D eigenvalue weighted by Gasteiger charge is -2.13. The van der Waals surface area contributed by atoms with Gasteiger partial charge in [-0.25, -0.2) is 9.79 Å². The lowest BCUT2D eigenvalue weighted by atomic mass is 10.2. The molecule has 0 saturated carbocycles. The lowest BCUT2D eigenvalue weighted by molar-refractivity contribution is 0.172.